The van der Waals surface area contributed by atoms with E-state index in [-0.39, 0.29) is 18.1 Å². The molecule has 1 amide bonds. The van der Waals surface area contributed by atoms with Gasteiger partial charge in [-0.15, -0.1) is 0 Å². The van der Waals surface area contributed by atoms with Gasteiger partial charge in [0.25, 0.3) is 5.69 Å². The Morgan fingerprint density at radius 2 is 1.95 bits per heavy atom. The van der Waals surface area contributed by atoms with Crippen molar-refractivity contribution in [3.8, 4) is 0 Å². The smallest absolute Gasteiger partial charge is 0.274 e. The van der Waals surface area contributed by atoms with E-state index in [4.69, 9.17) is 0 Å². The largest absolute Gasteiger partial charge is 0.352 e. The number of nitro benzene ring substituents is 1. The van der Waals surface area contributed by atoms with E-state index in [9.17, 15) is 14.9 Å². The molecule has 0 fully saturated rings. The van der Waals surface area contributed by atoms with Crippen LogP contribution in [-0.4, -0.2) is 10.8 Å². The zero-order valence-corrected chi connectivity index (χ0v) is 13.4. The van der Waals surface area contributed by atoms with Crippen molar-refractivity contribution in [2.24, 2.45) is 0 Å². The SMILES string of the molecule is O=C(CCc1cccc(Br)c1)NCc1ccccc1[N+](=O)[O-]. The summed E-state index contributed by atoms with van der Waals surface area (Å²) in [7, 11) is 0. The van der Waals surface area contributed by atoms with Crippen LogP contribution >= 0.6 is 15.9 Å². The molecule has 0 saturated heterocycles. The van der Waals surface area contributed by atoms with Crippen LogP contribution in [0.5, 0.6) is 0 Å². The highest BCUT2D eigenvalue weighted by atomic mass is 79.9. The first-order valence-electron chi connectivity index (χ1n) is 6.79. The summed E-state index contributed by atoms with van der Waals surface area (Å²) in [5, 5.41) is 13.6. The molecule has 22 heavy (non-hydrogen) atoms. The van der Waals surface area contributed by atoms with Crippen LogP contribution < -0.4 is 5.32 Å². The quantitative estimate of drug-likeness (QED) is 0.630. The predicted octanol–water partition coefficient (Wildman–Crippen LogP) is 3.61. The molecule has 2 aromatic carbocycles. The summed E-state index contributed by atoms with van der Waals surface area (Å²) in [6.07, 6.45) is 0.971. The summed E-state index contributed by atoms with van der Waals surface area (Å²) >= 11 is 3.39. The van der Waals surface area contributed by atoms with Crippen LogP contribution in [0, 0.1) is 10.1 Å². The molecule has 0 aliphatic rings. The number of benzene rings is 2. The van der Waals surface area contributed by atoms with E-state index in [0.29, 0.717) is 18.4 Å². The minimum absolute atomic E-state index is 0.0230. The molecule has 0 aliphatic carbocycles. The number of nitro groups is 1. The van der Waals surface area contributed by atoms with Crippen LogP contribution in [0.1, 0.15) is 17.5 Å². The fourth-order valence-corrected chi connectivity index (χ4v) is 2.52. The maximum absolute atomic E-state index is 11.9. The lowest BCUT2D eigenvalue weighted by Crippen LogP contribution is -2.23. The van der Waals surface area contributed by atoms with Crippen LogP contribution in [-0.2, 0) is 17.8 Å². The molecule has 0 aliphatic heterocycles. The number of rotatable bonds is 6. The molecule has 0 bridgehead atoms. The first kappa shape index (κ1) is 16.2. The average molecular weight is 363 g/mol. The number of nitrogens with zero attached hydrogens (tertiary/aromatic N) is 1. The van der Waals surface area contributed by atoms with E-state index in [2.05, 4.69) is 21.2 Å². The minimum atomic E-state index is -0.441. The van der Waals surface area contributed by atoms with Gasteiger partial charge in [0.1, 0.15) is 0 Å². The summed E-state index contributed by atoms with van der Waals surface area (Å²) in [6, 6.07) is 14.2. The van der Waals surface area contributed by atoms with Gasteiger partial charge >= 0.3 is 0 Å². The standard InChI is InChI=1S/C16H15BrN2O3/c17-14-6-3-4-12(10-14)8-9-16(20)18-11-13-5-1-2-7-15(13)19(21)22/h1-7,10H,8-9,11H2,(H,18,20). The molecule has 114 valence electrons. The number of para-hydroxylation sites is 1. The van der Waals surface area contributed by atoms with Crippen molar-refractivity contribution < 1.29 is 9.72 Å². The summed E-state index contributed by atoms with van der Waals surface area (Å²) < 4.78 is 0.977. The van der Waals surface area contributed by atoms with Crippen molar-refractivity contribution in [3.05, 3.63) is 74.2 Å². The van der Waals surface area contributed by atoms with E-state index in [0.717, 1.165) is 10.0 Å². The van der Waals surface area contributed by atoms with Gasteiger partial charge in [-0.2, -0.15) is 0 Å². The molecule has 2 rings (SSSR count). The second-order valence-electron chi connectivity index (χ2n) is 4.79. The van der Waals surface area contributed by atoms with E-state index in [1.165, 1.54) is 6.07 Å². The second-order valence-corrected chi connectivity index (χ2v) is 5.71. The summed E-state index contributed by atoms with van der Waals surface area (Å²) in [4.78, 5) is 22.3. The molecule has 5 nitrogen and oxygen atoms in total. The second kappa shape index (κ2) is 7.70. The third-order valence-electron chi connectivity index (χ3n) is 3.19. The Bertz CT molecular complexity index is 689. The highest BCUT2D eigenvalue weighted by Crippen LogP contribution is 2.17. The number of hydrogen-bond acceptors (Lipinski definition) is 3. The minimum Gasteiger partial charge on any atom is -0.352 e. The number of amides is 1. The van der Waals surface area contributed by atoms with Crippen molar-refractivity contribution >= 4 is 27.5 Å². The van der Waals surface area contributed by atoms with Crippen LogP contribution in [0.3, 0.4) is 0 Å². The van der Waals surface area contributed by atoms with E-state index in [1.807, 2.05) is 24.3 Å². The summed E-state index contributed by atoms with van der Waals surface area (Å²) in [6.45, 7) is 0.161. The Morgan fingerprint density at radius 1 is 1.18 bits per heavy atom. The van der Waals surface area contributed by atoms with Crippen LogP contribution in [0.15, 0.2) is 53.0 Å². The third-order valence-corrected chi connectivity index (χ3v) is 3.69. The number of carbonyl (C=O) groups excluding carboxylic acids is 1. The fourth-order valence-electron chi connectivity index (χ4n) is 2.07. The lowest BCUT2D eigenvalue weighted by atomic mass is 10.1. The Morgan fingerprint density at radius 3 is 2.68 bits per heavy atom. The molecule has 0 unspecified atom stereocenters. The summed E-state index contributed by atoms with van der Waals surface area (Å²) in [5.74, 6) is -0.127. The maximum Gasteiger partial charge on any atom is 0.274 e. The number of halogens is 1. The Hall–Kier alpha value is -2.21. The lowest BCUT2D eigenvalue weighted by Gasteiger charge is -2.06. The highest BCUT2D eigenvalue weighted by molar-refractivity contribution is 9.10. The Labute approximate surface area is 136 Å². The zero-order valence-electron chi connectivity index (χ0n) is 11.8. The Balaban J connectivity index is 1.87. The van der Waals surface area contributed by atoms with Gasteiger partial charge in [0.15, 0.2) is 0 Å². The first-order valence-corrected chi connectivity index (χ1v) is 7.59. The Kier molecular flexibility index (Phi) is 5.66. The van der Waals surface area contributed by atoms with Gasteiger partial charge in [-0.05, 0) is 24.1 Å². The number of nitrogens with one attached hydrogen (secondary N) is 1. The van der Waals surface area contributed by atoms with Crippen LogP contribution in [0.25, 0.3) is 0 Å². The number of aryl methyl sites for hydroxylation is 1. The molecular formula is C16H15BrN2O3. The maximum atomic E-state index is 11.9. The molecular weight excluding hydrogens is 348 g/mol. The normalized spacial score (nSPS) is 10.2. The summed E-state index contributed by atoms with van der Waals surface area (Å²) in [5.41, 5.74) is 1.59. The van der Waals surface area contributed by atoms with Crippen molar-refractivity contribution in [3.63, 3.8) is 0 Å². The fraction of sp³-hybridized carbons (Fsp3) is 0.188. The number of carbonyl (C=O) groups is 1. The average Bonchev–Trinajstić information content (AvgIpc) is 2.51. The van der Waals surface area contributed by atoms with Gasteiger partial charge in [0.2, 0.25) is 5.91 Å². The highest BCUT2D eigenvalue weighted by Gasteiger charge is 2.12. The topological polar surface area (TPSA) is 72.2 Å². The monoisotopic (exact) mass is 362 g/mol. The van der Waals surface area contributed by atoms with E-state index in [1.54, 1.807) is 18.2 Å². The third kappa shape index (κ3) is 4.66. The molecule has 0 heterocycles. The van der Waals surface area contributed by atoms with E-state index < -0.39 is 4.92 Å². The molecule has 0 spiro atoms. The van der Waals surface area contributed by atoms with Gasteiger partial charge in [-0.25, -0.2) is 0 Å². The molecule has 0 saturated carbocycles. The lowest BCUT2D eigenvalue weighted by molar-refractivity contribution is -0.385. The van der Waals surface area contributed by atoms with Gasteiger partial charge < -0.3 is 5.32 Å². The van der Waals surface area contributed by atoms with E-state index >= 15 is 0 Å². The van der Waals surface area contributed by atoms with Gasteiger partial charge in [-0.3, -0.25) is 14.9 Å². The van der Waals surface area contributed by atoms with Gasteiger partial charge in [0, 0.05) is 29.1 Å². The van der Waals surface area contributed by atoms with Gasteiger partial charge in [-0.1, -0.05) is 46.3 Å². The molecule has 0 atom stereocenters. The number of hydrogen-bond donors (Lipinski definition) is 1. The van der Waals surface area contributed by atoms with Crippen molar-refractivity contribution in [2.75, 3.05) is 0 Å². The van der Waals surface area contributed by atoms with Crippen molar-refractivity contribution in [1.29, 1.82) is 0 Å². The molecule has 0 aromatic heterocycles. The molecule has 6 heteroatoms. The zero-order chi connectivity index (χ0) is 15.9. The van der Waals surface area contributed by atoms with Crippen molar-refractivity contribution in [2.45, 2.75) is 19.4 Å². The molecule has 1 N–H and O–H groups in total. The van der Waals surface area contributed by atoms with Crippen LogP contribution in [0.2, 0.25) is 0 Å². The van der Waals surface area contributed by atoms with Crippen LogP contribution in [0.4, 0.5) is 5.69 Å². The molecule has 2 aromatic rings. The predicted molar refractivity (Wildman–Crippen MR) is 87.4 cm³/mol. The first-order chi connectivity index (χ1) is 10.6. The van der Waals surface area contributed by atoms with Gasteiger partial charge in [0.05, 0.1) is 4.92 Å². The molecule has 0 radical (unpaired) electrons. The van der Waals surface area contributed by atoms with Crippen molar-refractivity contribution in [1.82, 2.24) is 5.32 Å².